The average Bonchev–Trinajstić information content (AvgIpc) is 3.39. The van der Waals surface area contributed by atoms with Crippen molar-refractivity contribution in [2.75, 3.05) is 31.2 Å². The maximum absolute atomic E-state index is 14.4. The molecule has 3 fully saturated rings. The summed E-state index contributed by atoms with van der Waals surface area (Å²) in [5.74, 6) is -2.33. The molecule has 2 bridgehead atoms. The van der Waals surface area contributed by atoms with Crippen molar-refractivity contribution in [3.05, 3.63) is 54.1 Å². The van der Waals surface area contributed by atoms with E-state index in [0.717, 1.165) is 5.56 Å². The molecule has 0 saturated carbocycles. The van der Waals surface area contributed by atoms with E-state index in [0.29, 0.717) is 30.0 Å². The number of carbonyl (C=O) groups excluding carboxylic acids is 3. The number of ether oxygens (including phenoxy) is 1. The molecule has 36 heavy (non-hydrogen) atoms. The number of aliphatic hydroxyl groups excluding tert-OH is 1. The predicted octanol–water partition coefficient (Wildman–Crippen LogP) is 3.76. The number of halogens is 1. The van der Waals surface area contributed by atoms with Crippen LogP contribution in [0, 0.1) is 18.8 Å². The molecule has 3 heterocycles. The third-order valence-corrected chi connectivity index (χ3v) is 10.00. The first-order valence-electron chi connectivity index (χ1n) is 12.2. The van der Waals surface area contributed by atoms with Crippen LogP contribution in [-0.4, -0.2) is 69.6 Å². The fraction of sp³-hybridized carbons (Fsp3) is 0.519. The van der Waals surface area contributed by atoms with Crippen molar-refractivity contribution in [1.82, 2.24) is 4.90 Å². The molecule has 1 aromatic rings. The van der Waals surface area contributed by atoms with E-state index in [9.17, 15) is 19.5 Å². The Kier molecular flexibility index (Phi) is 7.60. The number of amides is 2. The number of hydrogen-bond acceptors (Lipinski definition) is 6. The van der Waals surface area contributed by atoms with E-state index >= 15 is 0 Å². The SMILES string of the molecule is C=CCCOC(=O)[C@@H]1[C@H]2C(=O)N(CCO)C(C(=O)N(CC=C)c3c(C)cccc3Cl)C23CC[C@@]1(C)S3. The quantitative estimate of drug-likeness (QED) is 0.280. The summed E-state index contributed by atoms with van der Waals surface area (Å²) in [5.41, 5.74) is 1.40. The number of anilines is 1. The lowest BCUT2D eigenvalue weighted by atomic mass is 9.66. The van der Waals surface area contributed by atoms with Crippen molar-refractivity contribution in [3.63, 3.8) is 0 Å². The number of benzene rings is 1. The molecule has 0 aromatic heterocycles. The van der Waals surface area contributed by atoms with Gasteiger partial charge in [-0.1, -0.05) is 35.9 Å². The fourth-order valence-electron chi connectivity index (χ4n) is 6.28. The van der Waals surface area contributed by atoms with E-state index in [4.69, 9.17) is 16.3 Å². The maximum Gasteiger partial charge on any atom is 0.311 e. The molecule has 0 radical (unpaired) electrons. The number of rotatable bonds is 10. The molecule has 2 unspecified atom stereocenters. The van der Waals surface area contributed by atoms with Crippen LogP contribution in [0.5, 0.6) is 0 Å². The summed E-state index contributed by atoms with van der Waals surface area (Å²) in [6.07, 6.45) is 5.13. The number of β-amino-alcohol motifs (C(OH)–C–C–N with tert-alkyl or cyclic N) is 1. The standard InChI is InChI=1S/C27H33ClN2O5S/c1-5-7-16-35-25(34)20-19-23(32)30(14-15-31)22(27(19)12-11-26(20,4)36-27)24(33)29(13-6-2)21-17(3)9-8-10-18(21)28/h5-6,8-10,19-20,22,31H,1-2,7,11-16H2,3-4H3/t19-,20-,22?,26+,27?/m0/s1. The minimum absolute atomic E-state index is 0.00638. The Bertz CT molecular complexity index is 1080. The molecule has 9 heteroatoms. The van der Waals surface area contributed by atoms with Crippen LogP contribution < -0.4 is 4.90 Å². The Morgan fingerprint density at radius 2 is 2.08 bits per heavy atom. The summed E-state index contributed by atoms with van der Waals surface area (Å²) in [6.45, 7) is 11.5. The van der Waals surface area contributed by atoms with Gasteiger partial charge in [0.25, 0.3) is 5.91 Å². The lowest BCUT2D eigenvalue weighted by Crippen LogP contribution is -2.55. The maximum atomic E-state index is 14.4. The number of esters is 1. The Morgan fingerprint density at radius 1 is 1.33 bits per heavy atom. The smallest absolute Gasteiger partial charge is 0.311 e. The van der Waals surface area contributed by atoms with E-state index in [1.54, 1.807) is 34.9 Å². The van der Waals surface area contributed by atoms with E-state index < -0.39 is 33.3 Å². The van der Waals surface area contributed by atoms with Crippen LogP contribution in [0.3, 0.4) is 0 Å². The monoisotopic (exact) mass is 532 g/mol. The van der Waals surface area contributed by atoms with Gasteiger partial charge in [-0.05, 0) is 44.7 Å². The normalized spacial score (nSPS) is 30.3. The second kappa shape index (κ2) is 10.2. The number of para-hydroxylation sites is 1. The molecule has 3 aliphatic rings. The molecule has 1 spiro atoms. The van der Waals surface area contributed by atoms with Gasteiger partial charge in [-0.25, -0.2) is 0 Å². The largest absolute Gasteiger partial charge is 0.465 e. The van der Waals surface area contributed by atoms with Gasteiger partial charge in [-0.2, -0.15) is 0 Å². The Labute approximate surface area is 221 Å². The number of aryl methyl sites for hydroxylation is 1. The lowest BCUT2D eigenvalue weighted by Gasteiger charge is -2.37. The van der Waals surface area contributed by atoms with Crippen LogP contribution in [0.2, 0.25) is 5.02 Å². The first kappa shape index (κ1) is 26.8. The summed E-state index contributed by atoms with van der Waals surface area (Å²) in [5, 5.41) is 10.3. The summed E-state index contributed by atoms with van der Waals surface area (Å²) in [6, 6.07) is 4.58. The summed E-state index contributed by atoms with van der Waals surface area (Å²) >= 11 is 8.12. The molecule has 1 N–H and O–H groups in total. The zero-order valence-electron chi connectivity index (χ0n) is 20.7. The van der Waals surface area contributed by atoms with Crippen LogP contribution in [0.1, 0.15) is 31.7 Å². The number of nitrogens with zero attached hydrogens (tertiary/aromatic N) is 2. The van der Waals surface area contributed by atoms with Gasteiger partial charge in [0.1, 0.15) is 6.04 Å². The van der Waals surface area contributed by atoms with Crippen LogP contribution in [0.15, 0.2) is 43.5 Å². The molecule has 7 nitrogen and oxygen atoms in total. The Morgan fingerprint density at radius 3 is 2.72 bits per heavy atom. The molecular formula is C27H33ClN2O5S. The number of aliphatic hydroxyl groups is 1. The molecule has 0 aliphatic carbocycles. The van der Waals surface area contributed by atoms with Crippen molar-refractivity contribution in [2.24, 2.45) is 11.8 Å². The third-order valence-electron chi connectivity index (χ3n) is 7.71. The van der Waals surface area contributed by atoms with Crippen LogP contribution in [0.25, 0.3) is 0 Å². The first-order chi connectivity index (χ1) is 17.2. The highest BCUT2D eigenvalue weighted by atomic mass is 35.5. The van der Waals surface area contributed by atoms with Gasteiger partial charge in [-0.3, -0.25) is 14.4 Å². The highest BCUT2D eigenvalue weighted by Crippen LogP contribution is 2.71. The average molecular weight is 533 g/mol. The van der Waals surface area contributed by atoms with Crippen LogP contribution in [-0.2, 0) is 19.1 Å². The minimum atomic E-state index is -0.851. The topological polar surface area (TPSA) is 87.1 Å². The number of likely N-dealkylation sites (tertiary alicyclic amines) is 1. The van der Waals surface area contributed by atoms with Crippen molar-refractivity contribution in [2.45, 2.75) is 48.6 Å². The fourth-order valence-corrected chi connectivity index (χ4v) is 8.94. The van der Waals surface area contributed by atoms with Gasteiger partial charge in [0, 0.05) is 17.8 Å². The highest BCUT2D eigenvalue weighted by molar-refractivity contribution is 8.02. The second-order valence-corrected chi connectivity index (χ2v) is 12.2. The number of hydrogen-bond donors (Lipinski definition) is 1. The van der Waals surface area contributed by atoms with Gasteiger partial charge < -0.3 is 19.6 Å². The molecule has 3 saturated heterocycles. The summed E-state index contributed by atoms with van der Waals surface area (Å²) < 4.78 is 4.23. The molecule has 5 atom stereocenters. The van der Waals surface area contributed by atoms with Crippen molar-refractivity contribution in [3.8, 4) is 0 Å². The zero-order chi connectivity index (χ0) is 26.3. The predicted molar refractivity (Wildman–Crippen MR) is 142 cm³/mol. The van der Waals surface area contributed by atoms with E-state index in [-0.39, 0.29) is 38.1 Å². The number of fused-ring (bicyclic) bond motifs is 1. The second-order valence-electron chi connectivity index (χ2n) is 9.87. The van der Waals surface area contributed by atoms with E-state index in [2.05, 4.69) is 13.2 Å². The van der Waals surface area contributed by atoms with Gasteiger partial charge in [-0.15, -0.1) is 24.9 Å². The Hall–Kier alpha value is -2.29. The summed E-state index contributed by atoms with van der Waals surface area (Å²) in [4.78, 5) is 44.6. The third kappa shape index (κ3) is 4.07. The van der Waals surface area contributed by atoms with E-state index in [1.807, 2.05) is 26.0 Å². The molecule has 1 aromatic carbocycles. The lowest BCUT2D eigenvalue weighted by molar-refractivity contribution is -0.155. The number of thioether (sulfide) groups is 1. The number of carbonyl (C=O) groups is 3. The van der Waals surface area contributed by atoms with Crippen LogP contribution >= 0.6 is 23.4 Å². The van der Waals surface area contributed by atoms with Gasteiger partial charge in [0.15, 0.2) is 0 Å². The van der Waals surface area contributed by atoms with Crippen LogP contribution in [0.4, 0.5) is 5.69 Å². The summed E-state index contributed by atoms with van der Waals surface area (Å²) in [7, 11) is 0. The molecule has 194 valence electrons. The first-order valence-corrected chi connectivity index (χ1v) is 13.4. The molecule has 4 rings (SSSR count). The Balaban J connectivity index is 1.78. The van der Waals surface area contributed by atoms with E-state index in [1.165, 1.54) is 4.90 Å². The van der Waals surface area contributed by atoms with Gasteiger partial charge in [0.05, 0.1) is 40.5 Å². The molecule has 2 amide bonds. The zero-order valence-corrected chi connectivity index (χ0v) is 22.3. The minimum Gasteiger partial charge on any atom is -0.465 e. The molecular weight excluding hydrogens is 500 g/mol. The van der Waals surface area contributed by atoms with Gasteiger partial charge in [0.2, 0.25) is 5.91 Å². The van der Waals surface area contributed by atoms with Crippen molar-refractivity contribution >= 4 is 46.8 Å². The van der Waals surface area contributed by atoms with Crippen molar-refractivity contribution < 1.29 is 24.2 Å². The molecule has 3 aliphatic heterocycles. The van der Waals surface area contributed by atoms with Gasteiger partial charge >= 0.3 is 5.97 Å². The highest BCUT2D eigenvalue weighted by Gasteiger charge is 2.77. The van der Waals surface area contributed by atoms with Crippen molar-refractivity contribution in [1.29, 1.82) is 0 Å².